The second kappa shape index (κ2) is 7.70. The Bertz CT molecular complexity index is 620. The average molecular weight is 318 g/mol. The van der Waals surface area contributed by atoms with Gasteiger partial charge in [-0.25, -0.2) is 4.98 Å². The molecule has 23 heavy (non-hydrogen) atoms. The summed E-state index contributed by atoms with van der Waals surface area (Å²) in [6, 6.07) is 0. The van der Waals surface area contributed by atoms with E-state index in [1.807, 2.05) is 17.1 Å². The Hall–Kier alpha value is -1.73. The van der Waals surface area contributed by atoms with Crippen LogP contribution in [-0.4, -0.2) is 64.0 Å². The Kier molecular flexibility index (Phi) is 5.40. The van der Waals surface area contributed by atoms with Crippen molar-refractivity contribution in [2.24, 2.45) is 5.92 Å². The summed E-state index contributed by atoms with van der Waals surface area (Å²) in [7, 11) is 0. The van der Waals surface area contributed by atoms with Crippen molar-refractivity contribution in [1.29, 1.82) is 0 Å². The van der Waals surface area contributed by atoms with Crippen LogP contribution < -0.4 is 5.32 Å². The molecule has 1 saturated heterocycles. The second-order valence-electron chi connectivity index (χ2n) is 6.45. The van der Waals surface area contributed by atoms with E-state index in [0.29, 0.717) is 11.9 Å². The number of anilines is 1. The van der Waals surface area contributed by atoms with Crippen molar-refractivity contribution < 1.29 is 4.74 Å². The fourth-order valence-electron chi connectivity index (χ4n) is 2.74. The lowest BCUT2D eigenvalue weighted by Gasteiger charge is -2.26. The van der Waals surface area contributed by atoms with Gasteiger partial charge in [-0.05, 0) is 18.9 Å². The molecule has 7 nitrogen and oxygen atoms in total. The number of nitrogens with one attached hydrogen (secondary N) is 1. The van der Waals surface area contributed by atoms with Gasteiger partial charge < -0.3 is 10.1 Å². The standard InChI is InChI=1S/C16H26N6O/c1-13(2)11-22-12-14-10-18-16(19-15(14)20-22)17-4-3-5-21-6-8-23-9-7-21/h10,12-13H,3-9,11H2,1-2H3,(H,17,19,20). The highest BCUT2D eigenvalue weighted by Gasteiger charge is 2.09. The number of fused-ring (bicyclic) bond motifs is 1. The van der Waals surface area contributed by atoms with Gasteiger partial charge in [0.15, 0.2) is 5.65 Å². The Morgan fingerprint density at radius 1 is 1.30 bits per heavy atom. The highest BCUT2D eigenvalue weighted by atomic mass is 16.5. The summed E-state index contributed by atoms with van der Waals surface area (Å²) in [5.41, 5.74) is 0.760. The minimum Gasteiger partial charge on any atom is -0.379 e. The summed E-state index contributed by atoms with van der Waals surface area (Å²) in [5, 5.41) is 8.81. The molecule has 3 rings (SSSR count). The average Bonchev–Trinajstić information content (AvgIpc) is 2.93. The molecule has 0 aliphatic carbocycles. The molecular formula is C16H26N6O. The number of nitrogens with zero attached hydrogens (tertiary/aromatic N) is 5. The molecule has 2 aromatic heterocycles. The zero-order chi connectivity index (χ0) is 16.1. The van der Waals surface area contributed by atoms with Crippen LogP contribution in [0.25, 0.3) is 11.0 Å². The molecule has 0 spiro atoms. The molecule has 7 heteroatoms. The maximum atomic E-state index is 5.36. The first-order valence-electron chi connectivity index (χ1n) is 8.45. The van der Waals surface area contributed by atoms with Gasteiger partial charge in [0.05, 0.1) is 18.6 Å². The second-order valence-corrected chi connectivity index (χ2v) is 6.45. The molecule has 0 atom stereocenters. The molecule has 0 aromatic carbocycles. The third-order valence-electron chi connectivity index (χ3n) is 3.90. The maximum absolute atomic E-state index is 5.36. The van der Waals surface area contributed by atoms with Crippen molar-refractivity contribution in [3.63, 3.8) is 0 Å². The maximum Gasteiger partial charge on any atom is 0.224 e. The highest BCUT2D eigenvalue weighted by Crippen LogP contribution is 2.12. The van der Waals surface area contributed by atoms with Gasteiger partial charge in [0.1, 0.15) is 0 Å². The summed E-state index contributed by atoms with van der Waals surface area (Å²) in [6.07, 6.45) is 4.93. The zero-order valence-corrected chi connectivity index (χ0v) is 14.0. The van der Waals surface area contributed by atoms with Crippen LogP contribution in [0.2, 0.25) is 0 Å². The first-order valence-corrected chi connectivity index (χ1v) is 8.45. The van der Waals surface area contributed by atoms with E-state index in [0.717, 1.165) is 63.4 Å². The van der Waals surface area contributed by atoms with Gasteiger partial charge in [0, 0.05) is 38.6 Å². The van der Waals surface area contributed by atoms with Crippen molar-refractivity contribution in [3.05, 3.63) is 12.4 Å². The van der Waals surface area contributed by atoms with E-state index < -0.39 is 0 Å². The van der Waals surface area contributed by atoms with Crippen LogP contribution >= 0.6 is 0 Å². The van der Waals surface area contributed by atoms with Gasteiger partial charge in [0.2, 0.25) is 5.95 Å². The topological polar surface area (TPSA) is 68.1 Å². The fourth-order valence-corrected chi connectivity index (χ4v) is 2.74. The molecule has 1 aliphatic rings. The summed E-state index contributed by atoms with van der Waals surface area (Å²) < 4.78 is 7.31. The smallest absolute Gasteiger partial charge is 0.224 e. The fraction of sp³-hybridized carbons (Fsp3) is 0.688. The molecule has 0 unspecified atom stereocenters. The van der Waals surface area contributed by atoms with Crippen molar-refractivity contribution in [1.82, 2.24) is 24.6 Å². The van der Waals surface area contributed by atoms with Crippen LogP contribution in [0.1, 0.15) is 20.3 Å². The molecule has 3 heterocycles. The number of hydrogen-bond donors (Lipinski definition) is 1. The number of hydrogen-bond acceptors (Lipinski definition) is 6. The van der Waals surface area contributed by atoms with Gasteiger partial charge in [-0.1, -0.05) is 13.8 Å². The first kappa shape index (κ1) is 16.1. The summed E-state index contributed by atoms with van der Waals surface area (Å²) in [4.78, 5) is 11.3. The molecule has 0 amide bonds. The van der Waals surface area contributed by atoms with Crippen molar-refractivity contribution in [2.75, 3.05) is 44.7 Å². The predicted molar refractivity (Wildman–Crippen MR) is 90.5 cm³/mol. The third kappa shape index (κ3) is 4.62. The Morgan fingerprint density at radius 2 is 2.13 bits per heavy atom. The van der Waals surface area contributed by atoms with E-state index >= 15 is 0 Å². The van der Waals surface area contributed by atoms with Crippen molar-refractivity contribution in [2.45, 2.75) is 26.8 Å². The van der Waals surface area contributed by atoms with E-state index in [-0.39, 0.29) is 0 Å². The predicted octanol–water partition coefficient (Wildman–Crippen LogP) is 1.62. The van der Waals surface area contributed by atoms with Crippen LogP contribution in [0, 0.1) is 5.92 Å². The number of aromatic nitrogens is 4. The molecule has 0 saturated carbocycles. The van der Waals surface area contributed by atoms with Crippen LogP contribution in [-0.2, 0) is 11.3 Å². The zero-order valence-electron chi connectivity index (χ0n) is 14.0. The molecule has 1 fully saturated rings. The quantitative estimate of drug-likeness (QED) is 0.783. The SMILES string of the molecule is CC(C)Cn1cc2cnc(NCCCN3CCOCC3)nc2n1. The lowest BCUT2D eigenvalue weighted by Crippen LogP contribution is -2.37. The van der Waals surface area contributed by atoms with Crippen LogP contribution in [0.5, 0.6) is 0 Å². The number of morpholine rings is 1. The van der Waals surface area contributed by atoms with Gasteiger partial charge in [-0.15, -0.1) is 0 Å². The normalized spacial score (nSPS) is 16.3. The van der Waals surface area contributed by atoms with E-state index in [2.05, 4.69) is 39.1 Å². The monoisotopic (exact) mass is 318 g/mol. The lowest BCUT2D eigenvalue weighted by molar-refractivity contribution is 0.0378. The Balaban J connectivity index is 1.49. The van der Waals surface area contributed by atoms with Gasteiger partial charge in [-0.2, -0.15) is 10.1 Å². The molecule has 2 aromatic rings. The summed E-state index contributed by atoms with van der Waals surface area (Å²) in [5.74, 6) is 1.23. The Morgan fingerprint density at radius 3 is 2.91 bits per heavy atom. The Labute approximate surface area is 137 Å². The molecule has 1 aliphatic heterocycles. The minimum atomic E-state index is 0.565. The summed E-state index contributed by atoms with van der Waals surface area (Å²) in [6.45, 7) is 11.0. The molecule has 0 bridgehead atoms. The van der Waals surface area contributed by atoms with E-state index in [1.54, 1.807) is 0 Å². The van der Waals surface area contributed by atoms with Crippen LogP contribution in [0.15, 0.2) is 12.4 Å². The van der Waals surface area contributed by atoms with Gasteiger partial charge in [0.25, 0.3) is 0 Å². The first-order chi connectivity index (χ1) is 11.2. The van der Waals surface area contributed by atoms with Crippen molar-refractivity contribution >= 4 is 17.0 Å². The van der Waals surface area contributed by atoms with E-state index in [9.17, 15) is 0 Å². The molecule has 0 radical (unpaired) electrons. The minimum absolute atomic E-state index is 0.565. The lowest BCUT2D eigenvalue weighted by atomic mass is 10.2. The van der Waals surface area contributed by atoms with Crippen LogP contribution in [0.4, 0.5) is 5.95 Å². The van der Waals surface area contributed by atoms with E-state index in [4.69, 9.17) is 4.74 Å². The number of rotatable bonds is 7. The molecular weight excluding hydrogens is 292 g/mol. The molecule has 1 N–H and O–H groups in total. The van der Waals surface area contributed by atoms with Gasteiger partial charge in [-0.3, -0.25) is 9.58 Å². The van der Waals surface area contributed by atoms with Crippen LogP contribution in [0.3, 0.4) is 0 Å². The largest absolute Gasteiger partial charge is 0.379 e. The number of ether oxygens (including phenoxy) is 1. The highest BCUT2D eigenvalue weighted by molar-refractivity contribution is 5.73. The van der Waals surface area contributed by atoms with Gasteiger partial charge >= 0.3 is 0 Å². The van der Waals surface area contributed by atoms with E-state index in [1.165, 1.54) is 0 Å². The van der Waals surface area contributed by atoms with Crippen molar-refractivity contribution in [3.8, 4) is 0 Å². The molecule has 126 valence electrons. The third-order valence-corrected chi connectivity index (χ3v) is 3.90. The summed E-state index contributed by atoms with van der Waals surface area (Å²) >= 11 is 0.